The summed E-state index contributed by atoms with van der Waals surface area (Å²) >= 11 is 0. The zero-order chi connectivity index (χ0) is 17.7. The first-order valence-corrected chi connectivity index (χ1v) is 8.36. The first-order chi connectivity index (χ1) is 12.0. The van der Waals surface area contributed by atoms with Crippen LogP contribution in [0, 0.1) is 17.0 Å². The van der Waals surface area contributed by atoms with Gasteiger partial charge in [0.1, 0.15) is 17.0 Å². The zero-order valence-electron chi connectivity index (χ0n) is 13.8. The average Bonchev–Trinajstić information content (AvgIpc) is 3.17. The highest BCUT2D eigenvalue weighted by Crippen LogP contribution is 2.43. The van der Waals surface area contributed by atoms with E-state index >= 15 is 0 Å². The predicted octanol–water partition coefficient (Wildman–Crippen LogP) is 2.43. The molecule has 25 heavy (non-hydrogen) atoms. The van der Waals surface area contributed by atoms with Crippen LogP contribution in [0.4, 0.5) is 16.2 Å². The topological polar surface area (TPSA) is 114 Å². The summed E-state index contributed by atoms with van der Waals surface area (Å²) in [4.78, 5) is 28.5. The van der Waals surface area contributed by atoms with Crippen molar-refractivity contribution >= 4 is 28.5 Å². The van der Waals surface area contributed by atoms with Crippen LogP contribution in [-0.4, -0.2) is 44.8 Å². The molecule has 2 aliphatic rings. The molecule has 1 amide bonds. The molecule has 9 heteroatoms. The lowest BCUT2D eigenvalue weighted by atomic mass is 10.2. The van der Waals surface area contributed by atoms with E-state index in [-0.39, 0.29) is 11.7 Å². The van der Waals surface area contributed by atoms with Crippen molar-refractivity contribution in [1.82, 2.24) is 14.9 Å². The van der Waals surface area contributed by atoms with Gasteiger partial charge in [-0.25, -0.2) is 9.78 Å². The van der Waals surface area contributed by atoms with Gasteiger partial charge in [0.25, 0.3) is 5.69 Å². The fourth-order valence-corrected chi connectivity index (χ4v) is 3.76. The second-order valence-corrected chi connectivity index (χ2v) is 6.70. The highest BCUT2D eigenvalue weighted by molar-refractivity contribution is 5.95. The third-order valence-electron chi connectivity index (χ3n) is 4.93. The van der Waals surface area contributed by atoms with Crippen molar-refractivity contribution < 1.29 is 14.8 Å². The Bertz CT molecular complexity index is 873. The standard InChI is InChI=1S/C16H19N5O4/c1-9-17-14-12(20(9)11-2-3-11)4-5-13(21(24)25)15(14)19-7-6-10(8-19)18-16(22)23/h4-5,10-11,18H,2-3,6-8H2,1H3,(H,22,23). The summed E-state index contributed by atoms with van der Waals surface area (Å²) in [5.41, 5.74) is 2.06. The molecule has 9 nitrogen and oxygen atoms in total. The average molecular weight is 345 g/mol. The number of nitrogens with zero attached hydrogens (tertiary/aromatic N) is 4. The molecule has 1 unspecified atom stereocenters. The number of anilines is 1. The second-order valence-electron chi connectivity index (χ2n) is 6.70. The molecule has 1 aliphatic heterocycles. The van der Waals surface area contributed by atoms with E-state index < -0.39 is 11.0 Å². The van der Waals surface area contributed by atoms with Gasteiger partial charge in [-0.2, -0.15) is 0 Å². The van der Waals surface area contributed by atoms with Gasteiger partial charge in [-0.15, -0.1) is 0 Å². The lowest BCUT2D eigenvalue weighted by Gasteiger charge is -2.19. The van der Waals surface area contributed by atoms with E-state index in [1.807, 2.05) is 11.8 Å². The Labute approximate surface area is 143 Å². The van der Waals surface area contributed by atoms with Gasteiger partial charge >= 0.3 is 6.09 Å². The van der Waals surface area contributed by atoms with E-state index in [2.05, 4.69) is 14.9 Å². The maximum absolute atomic E-state index is 11.6. The predicted molar refractivity (Wildman–Crippen MR) is 91.2 cm³/mol. The maximum atomic E-state index is 11.6. The van der Waals surface area contributed by atoms with Crippen molar-refractivity contribution in [2.24, 2.45) is 0 Å². The highest BCUT2D eigenvalue weighted by atomic mass is 16.6. The van der Waals surface area contributed by atoms with E-state index in [0.717, 1.165) is 24.2 Å². The van der Waals surface area contributed by atoms with Crippen LogP contribution in [0.25, 0.3) is 11.0 Å². The molecule has 2 aromatic rings. The molecule has 4 rings (SSSR count). The molecular formula is C16H19N5O4. The summed E-state index contributed by atoms with van der Waals surface area (Å²) in [6, 6.07) is 3.51. The number of amides is 1. The second kappa shape index (κ2) is 5.61. The molecule has 0 spiro atoms. The van der Waals surface area contributed by atoms with Crippen molar-refractivity contribution in [1.29, 1.82) is 0 Å². The van der Waals surface area contributed by atoms with E-state index in [1.165, 1.54) is 6.07 Å². The molecule has 1 aliphatic carbocycles. The minimum atomic E-state index is -1.08. The Morgan fingerprint density at radius 1 is 1.40 bits per heavy atom. The SMILES string of the molecule is Cc1nc2c(N3CCC(NC(=O)O)C3)c([N+](=O)[O-])ccc2n1C1CC1. The normalized spacial score (nSPS) is 20.2. The summed E-state index contributed by atoms with van der Waals surface area (Å²) in [7, 11) is 0. The Kier molecular flexibility index (Phi) is 3.52. The fourth-order valence-electron chi connectivity index (χ4n) is 3.76. The van der Waals surface area contributed by atoms with Crippen LogP contribution in [0.15, 0.2) is 12.1 Å². The van der Waals surface area contributed by atoms with Crippen LogP contribution in [0.5, 0.6) is 0 Å². The molecule has 2 N–H and O–H groups in total. The number of nitro benzene ring substituents is 1. The van der Waals surface area contributed by atoms with Crippen molar-refractivity contribution in [2.45, 2.75) is 38.3 Å². The number of carbonyl (C=O) groups is 1. The van der Waals surface area contributed by atoms with E-state index in [4.69, 9.17) is 5.11 Å². The number of hydrogen-bond acceptors (Lipinski definition) is 5. The zero-order valence-corrected chi connectivity index (χ0v) is 13.8. The van der Waals surface area contributed by atoms with Crippen LogP contribution >= 0.6 is 0 Å². The first-order valence-electron chi connectivity index (χ1n) is 8.36. The molecule has 2 fully saturated rings. The van der Waals surface area contributed by atoms with Gasteiger partial charge in [0.2, 0.25) is 0 Å². The minimum absolute atomic E-state index is 0.0175. The number of hydrogen-bond donors (Lipinski definition) is 2. The Morgan fingerprint density at radius 2 is 2.16 bits per heavy atom. The molecule has 1 saturated carbocycles. The number of benzene rings is 1. The monoisotopic (exact) mass is 345 g/mol. The van der Waals surface area contributed by atoms with Gasteiger partial charge in [-0.1, -0.05) is 0 Å². The molecule has 1 aromatic carbocycles. The van der Waals surface area contributed by atoms with Crippen LogP contribution in [0.3, 0.4) is 0 Å². The van der Waals surface area contributed by atoms with Gasteiger partial charge < -0.3 is 19.9 Å². The summed E-state index contributed by atoms with van der Waals surface area (Å²) in [5, 5.41) is 22.9. The van der Waals surface area contributed by atoms with Crippen molar-refractivity contribution in [2.75, 3.05) is 18.0 Å². The van der Waals surface area contributed by atoms with E-state index in [0.29, 0.717) is 36.8 Å². The molecule has 1 saturated heterocycles. The minimum Gasteiger partial charge on any atom is -0.465 e. The molecule has 132 valence electrons. The summed E-state index contributed by atoms with van der Waals surface area (Å²) in [6.45, 7) is 2.88. The molecule has 1 aromatic heterocycles. The van der Waals surface area contributed by atoms with Crippen molar-refractivity contribution in [3.05, 3.63) is 28.1 Å². The molecule has 0 bridgehead atoms. The lowest BCUT2D eigenvalue weighted by molar-refractivity contribution is -0.384. The number of carboxylic acid groups (broad SMARTS) is 1. The maximum Gasteiger partial charge on any atom is 0.404 e. The van der Waals surface area contributed by atoms with Gasteiger partial charge in [0.15, 0.2) is 0 Å². The first kappa shape index (κ1) is 15.7. The van der Waals surface area contributed by atoms with Crippen molar-refractivity contribution in [3.8, 4) is 0 Å². The molecule has 2 heterocycles. The summed E-state index contributed by atoms with van der Waals surface area (Å²) in [5.74, 6) is 0.860. The van der Waals surface area contributed by atoms with Crippen LogP contribution in [0.1, 0.15) is 31.1 Å². The Hall–Kier alpha value is -2.84. The third-order valence-corrected chi connectivity index (χ3v) is 4.93. The third kappa shape index (κ3) is 2.65. The van der Waals surface area contributed by atoms with Crippen LogP contribution in [0.2, 0.25) is 0 Å². The Balaban J connectivity index is 1.80. The van der Waals surface area contributed by atoms with Crippen LogP contribution < -0.4 is 10.2 Å². The van der Waals surface area contributed by atoms with E-state index in [1.54, 1.807) is 6.07 Å². The number of nitrogens with one attached hydrogen (secondary N) is 1. The van der Waals surface area contributed by atoms with Crippen molar-refractivity contribution in [3.63, 3.8) is 0 Å². The van der Waals surface area contributed by atoms with Gasteiger partial charge in [0.05, 0.1) is 16.5 Å². The molecular weight excluding hydrogens is 326 g/mol. The number of fused-ring (bicyclic) bond motifs is 1. The molecule has 0 radical (unpaired) electrons. The molecule has 1 atom stereocenters. The number of rotatable bonds is 4. The fraction of sp³-hybridized carbons (Fsp3) is 0.500. The summed E-state index contributed by atoms with van der Waals surface area (Å²) in [6.07, 6.45) is 1.75. The van der Waals surface area contributed by atoms with Gasteiger partial charge in [-0.05, 0) is 32.3 Å². The lowest BCUT2D eigenvalue weighted by Crippen LogP contribution is -2.36. The largest absolute Gasteiger partial charge is 0.465 e. The number of nitro groups is 1. The number of aryl methyl sites for hydroxylation is 1. The van der Waals surface area contributed by atoms with Gasteiger partial charge in [0, 0.05) is 25.2 Å². The highest BCUT2D eigenvalue weighted by Gasteiger charge is 2.34. The Morgan fingerprint density at radius 3 is 2.80 bits per heavy atom. The summed E-state index contributed by atoms with van der Waals surface area (Å²) < 4.78 is 2.16. The van der Waals surface area contributed by atoms with Crippen LogP contribution in [-0.2, 0) is 0 Å². The van der Waals surface area contributed by atoms with Gasteiger partial charge in [-0.3, -0.25) is 10.1 Å². The number of aromatic nitrogens is 2. The number of imidazole rings is 1. The smallest absolute Gasteiger partial charge is 0.404 e. The van der Waals surface area contributed by atoms with E-state index in [9.17, 15) is 14.9 Å². The quantitative estimate of drug-likeness (QED) is 0.650.